The van der Waals surface area contributed by atoms with Crippen molar-refractivity contribution in [3.8, 4) is 6.07 Å². The fourth-order valence-corrected chi connectivity index (χ4v) is 3.02. The van der Waals surface area contributed by atoms with Gasteiger partial charge >= 0.3 is 0 Å². The quantitative estimate of drug-likeness (QED) is 0.866. The molecule has 0 aromatic carbocycles. The third-order valence-electron chi connectivity index (χ3n) is 4.10. The Labute approximate surface area is 124 Å². The van der Waals surface area contributed by atoms with E-state index in [9.17, 15) is 5.26 Å². The lowest BCUT2D eigenvalue weighted by molar-refractivity contribution is 0.362. The molecule has 5 heteroatoms. The Bertz CT molecular complexity index is 655. The molecule has 1 aliphatic heterocycles. The number of hydrogen-bond donors (Lipinski definition) is 0. The van der Waals surface area contributed by atoms with Crippen LogP contribution in [0.1, 0.15) is 24.2 Å². The first kappa shape index (κ1) is 13.6. The monoisotopic (exact) mass is 281 g/mol. The van der Waals surface area contributed by atoms with E-state index in [1.54, 1.807) is 6.20 Å². The summed E-state index contributed by atoms with van der Waals surface area (Å²) in [6.45, 7) is 4.94. The van der Waals surface area contributed by atoms with Gasteiger partial charge in [-0.05, 0) is 37.8 Å². The standard InChI is InChI=1S/C16H19N5/c1-13-18-7-9-20(13)11-14-4-3-8-21(12-14)16-15(10-17)5-2-6-19-16/h2,5-7,9,14H,3-4,8,11-12H2,1H3/t14-/m1/s1. The number of hydrogen-bond acceptors (Lipinski definition) is 4. The normalized spacial score (nSPS) is 18.5. The molecule has 0 spiro atoms. The van der Waals surface area contributed by atoms with Crippen molar-refractivity contribution in [3.63, 3.8) is 0 Å². The molecule has 0 bridgehead atoms. The van der Waals surface area contributed by atoms with E-state index in [0.717, 1.165) is 37.7 Å². The molecule has 2 aromatic heterocycles. The van der Waals surface area contributed by atoms with Crippen LogP contribution < -0.4 is 4.90 Å². The van der Waals surface area contributed by atoms with Gasteiger partial charge in [0.2, 0.25) is 0 Å². The van der Waals surface area contributed by atoms with Gasteiger partial charge in [0.25, 0.3) is 0 Å². The number of aryl methyl sites for hydroxylation is 1. The lowest BCUT2D eigenvalue weighted by Gasteiger charge is -2.34. The third-order valence-corrected chi connectivity index (χ3v) is 4.10. The number of nitrogens with zero attached hydrogens (tertiary/aromatic N) is 5. The topological polar surface area (TPSA) is 57.7 Å². The smallest absolute Gasteiger partial charge is 0.146 e. The number of aromatic nitrogens is 3. The van der Waals surface area contributed by atoms with Crippen LogP contribution in [0.2, 0.25) is 0 Å². The number of pyridine rings is 1. The molecular weight excluding hydrogens is 262 g/mol. The largest absolute Gasteiger partial charge is 0.355 e. The van der Waals surface area contributed by atoms with Crippen LogP contribution in [-0.4, -0.2) is 27.6 Å². The Morgan fingerprint density at radius 2 is 2.29 bits per heavy atom. The second kappa shape index (κ2) is 5.96. The van der Waals surface area contributed by atoms with Crippen LogP contribution in [0.3, 0.4) is 0 Å². The lowest BCUT2D eigenvalue weighted by atomic mass is 9.97. The molecule has 0 amide bonds. The molecule has 0 unspecified atom stereocenters. The summed E-state index contributed by atoms with van der Waals surface area (Å²) >= 11 is 0. The van der Waals surface area contributed by atoms with Crippen molar-refractivity contribution in [2.45, 2.75) is 26.3 Å². The molecule has 1 atom stereocenters. The van der Waals surface area contributed by atoms with Crippen molar-refractivity contribution in [1.82, 2.24) is 14.5 Å². The molecule has 1 aliphatic rings. The Morgan fingerprint density at radius 3 is 3.05 bits per heavy atom. The van der Waals surface area contributed by atoms with Crippen molar-refractivity contribution in [1.29, 1.82) is 5.26 Å². The van der Waals surface area contributed by atoms with Crippen LogP contribution in [0.5, 0.6) is 0 Å². The Balaban J connectivity index is 1.74. The van der Waals surface area contributed by atoms with Gasteiger partial charge in [-0.3, -0.25) is 0 Å². The van der Waals surface area contributed by atoms with E-state index in [4.69, 9.17) is 0 Å². The molecule has 0 aliphatic carbocycles. The first-order chi connectivity index (χ1) is 10.3. The van der Waals surface area contributed by atoms with Crippen molar-refractivity contribution in [2.24, 2.45) is 5.92 Å². The predicted molar refractivity (Wildman–Crippen MR) is 80.9 cm³/mol. The SMILES string of the molecule is Cc1nccn1C[C@H]1CCCN(c2ncccc2C#N)C1. The Morgan fingerprint density at radius 1 is 1.38 bits per heavy atom. The fraction of sp³-hybridized carbons (Fsp3) is 0.438. The van der Waals surface area contributed by atoms with Gasteiger partial charge in [-0.25, -0.2) is 9.97 Å². The van der Waals surface area contributed by atoms with E-state index in [-0.39, 0.29) is 0 Å². The van der Waals surface area contributed by atoms with Crippen LogP contribution in [0.15, 0.2) is 30.7 Å². The van der Waals surface area contributed by atoms with E-state index in [2.05, 4.69) is 25.5 Å². The van der Waals surface area contributed by atoms with Gasteiger partial charge in [0.15, 0.2) is 0 Å². The Hall–Kier alpha value is -2.35. The minimum Gasteiger partial charge on any atom is -0.355 e. The van der Waals surface area contributed by atoms with Crippen molar-refractivity contribution in [2.75, 3.05) is 18.0 Å². The number of anilines is 1. The summed E-state index contributed by atoms with van der Waals surface area (Å²) < 4.78 is 2.21. The predicted octanol–water partition coefficient (Wildman–Crippen LogP) is 2.37. The van der Waals surface area contributed by atoms with Gasteiger partial charge in [-0.2, -0.15) is 5.26 Å². The van der Waals surface area contributed by atoms with Crippen LogP contribution in [-0.2, 0) is 6.54 Å². The molecule has 0 radical (unpaired) electrons. The number of nitriles is 1. The first-order valence-electron chi connectivity index (χ1n) is 7.35. The minimum atomic E-state index is 0.570. The number of imidazole rings is 1. The van der Waals surface area contributed by atoms with Crippen LogP contribution in [0, 0.1) is 24.2 Å². The van der Waals surface area contributed by atoms with E-state index in [1.165, 1.54) is 6.42 Å². The summed E-state index contributed by atoms with van der Waals surface area (Å²) in [6.07, 6.45) is 8.00. The highest BCUT2D eigenvalue weighted by Crippen LogP contribution is 2.25. The summed E-state index contributed by atoms with van der Waals surface area (Å²) in [5.41, 5.74) is 0.664. The zero-order valence-electron chi connectivity index (χ0n) is 12.2. The zero-order chi connectivity index (χ0) is 14.7. The van der Waals surface area contributed by atoms with Crippen LogP contribution in [0.4, 0.5) is 5.82 Å². The maximum atomic E-state index is 9.23. The van der Waals surface area contributed by atoms with Gasteiger partial charge in [-0.15, -0.1) is 0 Å². The fourth-order valence-electron chi connectivity index (χ4n) is 3.02. The summed E-state index contributed by atoms with van der Waals surface area (Å²) in [6, 6.07) is 5.90. The van der Waals surface area contributed by atoms with E-state index in [0.29, 0.717) is 11.5 Å². The van der Waals surface area contributed by atoms with Gasteiger partial charge in [0.1, 0.15) is 17.7 Å². The highest BCUT2D eigenvalue weighted by Gasteiger charge is 2.23. The minimum absolute atomic E-state index is 0.570. The summed E-state index contributed by atoms with van der Waals surface area (Å²) in [4.78, 5) is 10.9. The van der Waals surface area contributed by atoms with Gasteiger partial charge in [0.05, 0.1) is 5.56 Å². The molecule has 21 heavy (non-hydrogen) atoms. The molecule has 3 rings (SSSR count). The molecule has 1 saturated heterocycles. The molecule has 108 valence electrons. The summed E-state index contributed by atoms with van der Waals surface area (Å²) in [7, 11) is 0. The average molecular weight is 281 g/mol. The summed E-state index contributed by atoms with van der Waals surface area (Å²) in [5, 5.41) is 9.23. The first-order valence-corrected chi connectivity index (χ1v) is 7.35. The maximum absolute atomic E-state index is 9.23. The highest BCUT2D eigenvalue weighted by atomic mass is 15.2. The highest BCUT2D eigenvalue weighted by molar-refractivity contribution is 5.53. The molecule has 3 heterocycles. The average Bonchev–Trinajstić information content (AvgIpc) is 2.93. The van der Waals surface area contributed by atoms with E-state index >= 15 is 0 Å². The van der Waals surface area contributed by atoms with Crippen molar-refractivity contribution in [3.05, 3.63) is 42.1 Å². The maximum Gasteiger partial charge on any atom is 0.146 e. The van der Waals surface area contributed by atoms with E-state index in [1.807, 2.05) is 31.5 Å². The second-order valence-electron chi connectivity index (χ2n) is 5.57. The zero-order valence-corrected chi connectivity index (χ0v) is 12.2. The lowest BCUT2D eigenvalue weighted by Crippen LogP contribution is -2.38. The molecule has 0 N–H and O–H groups in total. The van der Waals surface area contributed by atoms with Crippen molar-refractivity contribution < 1.29 is 0 Å². The molecule has 0 saturated carbocycles. The van der Waals surface area contributed by atoms with Crippen LogP contribution in [0.25, 0.3) is 0 Å². The van der Waals surface area contributed by atoms with Gasteiger partial charge < -0.3 is 9.47 Å². The molecular formula is C16H19N5. The third kappa shape index (κ3) is 2.89. The number of piperidine rings is 1. The molecule has 5 nitrogen and oxygen atoms in total. The number of rotatable bonds is 3. The van der Waals surface area contributed by atoms with Crippen molar-refractivity contribution >= 4 is 5.82 Å². The summed E-state index contributed by atoms with van der Waals surface area (Å²) in [5.74, 6) is 2.45. The Kier molecular flexibility index (Phi) is 3.87. The molecule has 1 fully saturated rings. The van der Waals surface area contributed by atoms with E-state index < -0.39 is 0 Å². The van der Waals surface area contributed by atoms with Gasteiger partial charge in [-0.1, -0.05) is 0 Å². The molecule has 2 aromatic rings. The van der Waals surface area contributed by atoms with Gasteiger partial charge in [0, 0.05) is 38.2 Å². The second-order valence-corrected chi connectivity index (χ2v) is 5.57. The van der Waals surface area contributed by atoms with Crippen LogP contribution >= 0.6 is 0 Å².